The number of benzene rings is 3. The summed E-state index contributed by atoms with van der Waals surface area (Å²) in [5.41, 5.74) is 4.74. The number of aromatic carboxylic acids is 1. The van der Waals surface area contributed by atoms with Crippen LogP contribution in [0.3, 0.4) is 0 Å². The maximum atomic E-state index is 11.0. The van der Waals surface area contributed by atoms with E-state index in [-0.39, 0.29) is 11.6 Å². The zero-order chi connectivity index (χ0) is 21.6. The lowest BCUT2D eigenvalue weighted by Crippen LogP contribution is -2.28. The number of nitrogens with one attached hydrogen (secondary N) is 1. The Morgan fingerprint density at radius 2 is 1.87 bits per heavy atom. The molecule has 1 aliphatic heterocycles. The molecular weight excluding hydrogens is 390 g/mol. The molecule has 3 aromatic carbocycles. The summed E-state index contributed by atoms with van der Waals surface area (Å²) in [5.74, 6) is 0.539. The number of fused-ring (bicyclic) bond motifs is 1. The van der Waals surface area contributed by atoms with Crippen LogP contribution in [0.2, 0.25) is 0 Å². The smallest absolute Gasteiger partial charge is 0.335 e. The van der Waals surface area contributed by atoms with Crippen molar-refractivity contribution in [2.75, 3.05) is 13.7 Å². The van der Waals surface area contributed by atoms with Gasteiger partial charge in [-0.05, 0) is 52.9 Å². The minimum atomic E-state index is -0.921. The van der Waals surface area contributed by atoms with Crippen LogP contribution in [-0.4, -0.2) is 24.7 Å². The highest BCUT2D eigenvalue weighted by molar-refractivity contribution is 5.87. The summed E-state index contributed by atoms with van der Waals surface area (Å²) in [6, 6.07) is 21.1. The van der Waals surface area contributed by atoms with Gasteiger partial charge in [0.25, 0.3) is 0 Å². The number of methoxy groups -OCH3 is 1. The fraction of sp³-hybridized carbons (Fsp3) is 0.192. The molecule has 0 saturated carbocycles. The lowest BCUT2D eigenvalue weighted by molar-refractivity contribution is 0.0697. The number of carboxylic acids is 1. The number of hydrogen-bond acceptors (Lipinski definition) is 4. The molecular formula is C26H25NO4. The Hall–Kier alpha value is -3.57. The van der Waals surface area contributed by atoms with E-state index in [0.29, 0.717) is 12.4 Å². The van der Waals surface area contributed by atoms with Crippen LogP contribution in [0.5, 0.6) is 11.5 Å². The summed E-state index contributed by atoms with van der Waals surface area (Å²) in [6.45, 7) is 1.36. The molecule has 0 aliphatic carbocycles. The van der Waals surface area contributed by atoms with Gasteiger partial charge in [0, 0.05) is 6.54 Å². The highest BCUT2D eigenvalue weighted by atomic mass is 16.5. The quantitative estimate of drug-likeness (QED) is 0.576. The predicted octanol–water partition coefficient (Wildman–Crippen LogP) is 4.87. The Morgan fingerprint density at radius 1 is 1.10 bits per heavy atom. The summed E-state index contributed by atoms with van der Waals surface area (Å²) in [5, 5.41) is 12.6. The van der Waals surface area contributed by atoms with Crippen molar-refractivity contribution in [3.63, 3.8) is 0 Å². The van der Waals surface area contributed by atoms with Crippen molar-refractivity contribution in [3.8, 4) is 11.5 Å². The topological polar surface area (TPSA) is 67.8 Å². The van der Waals surface area contributed by atoms with E-state index in [9.17, 15) is 4.79 Å². The van der Waals surface area contributed by atoms with Gasteiger partial charge in [0.15, 0.2) is 11.5 Å². The molecule has 0 aromatic heterocycles. The van der Waals surface area contributed by atoms with Crippen LogP contribution in [0.25, 0.3) is 6.08 Å². The summed E-state index contributed by atoms with van der Waals surface area (Å²) in [6.07, 6.45) is 5.01. The molecule has 4 rings (SSSR count). The molecule has 5 nitrogen and oxygen atoms in total. The van der Waals surface area contributed by atoms with Gasteiger partial charge in [-0.15, -0.1) is 0 Å². The molecule has 5 heteroatoms. The van der Waals surface area contributed by atoms with Crippen molar-refractivity contribution in [3.05, 3.63) is 101 Å². The van der Waals surface area contributed by atoms with Crippen molar-refractivity contribution in [2.24, 2.45) is 0 Å². The summed E-state index contributed by atoms with van der Waals surface area (Å²) < 4.78 is 11.7. The number of hydrogen-bond donors (Lipinski definition) is 2. The van der Waals surface area contributed by atoms with Crippen molar-refractivity contribution in [1.29, 1.82) is 0 Å². The zero-order valence-corrected chi connectivity index (χ0v) is 17.4. The highest BCUT2D eigenvalue weighted by Crippen LogP contribution is 2.36. The Morgan fingerprint density at radius 3 is 2.58 bits per heavy atom. The Kier molecular flexibility index (Phi) is 6.34. The van der Waals surface area contributed by atoms with Gasteiger partial charge in [-0.25, -0.2) is 4.79 Å². The molecule has 3 aromatic rings. The second-order valence-electron chi connectivity index (χ2n) is 7.44. The first-order valence-corrected chi connectivity index (χ1v) is 10.3. The second kappa shape index (κ2) is 9.49. The van der Waals surface area contributed by atoms with E-state index >= 15 is 0 Å². The van der Waals surface area contributed by atoms with Gasteiger partial charge in [-0.3, -0.25) is 0 Å². The van der Waals surface area contributed by atoms with Crippen LogP contribution in [0, 0.1) is 0 Å². The highest BCUT2D eigenvalue weighted by Gasteiger charge is 2.21. The molecule has 0 spiro atoms. The molecule has 0 saturated heterocycles. The van der Waals surface area contributed by atoms with Gasteiger partial charge in [-0.2, -0.15) is 0 Å². The maximum Gasteiger partial charge on any atom is 0.335 e. The van der Waals surface area contributed by atoms with E-state index in [2.05, 4.69) is 17.5 Å². The molecule has 1 unspecified atom stereocenters. The van der Waals surface area contributed by atoms with Crippen LogP contribution < -0.4 is 14.8 Å². The van der Waals surface area contributed by atoms with Crippen LogP contribution in [0.1, 0.15) is 38.7 Å². The largest absolute Gasteiger partial charge is 0.493 e. The van der Waals surface area contributed by atoms with Crippen molar-refractivity contribution < 1.29 is 19.4 Å². The second-order valence-corrected chi connectivity index (χ2v) is 7.44. The van der Waals surface area contributed by atoms with Gasteiger partial charge >= 0.3 is 5.97 Å². The molecule has 31 heavy (non-hydrogen) atoms. The third kappa shape index (κ3) is 4.95. The average molecular weight is 415 g/mol. The SMILES string of the molecule is COc1cc2c(cc1OCc1ccccc1)CCNC2C=Cc1ccc(C(=O)O)cc1. The normalized spacial score (nSPS) is 15.5. The molecule has 0 bridgehead atoms. The Balaban J connectivity index is 1.54. The van der Waals surface area contributed by atoms with Gasteiger partial charge in [0.2, 0.25) is 0 Å². The molecule has 0 fully saturated rings. The predicted molar refractivity (Wildman–Crippen MR) is 121 cm³/mol. The molecule has 0 radical (unpaired) electrons. The van der Waals surface area contributed by atoms with E-state index in [0.717, 1.165) is 35.4 Å². The Labute approximate surface area is 182 Å². The van der Waals surface area contributed by atoms with Gasteiger partial charge < -0.3 is 19.9 Å². The molecule has 1 atom stereocenters. The van der Waals surface area contributed by atoms with E-state index in [1.807, 2.05) is 54.6 Å². The first-order chi connectivity index (χ1) is 15.1. The number of carboxylic acid groups (broad SMARTS) is 1. The van der Waals surface area contributed by atoms with E-state index in [1.165, 1.54) is 5.56 Å². The van der Waals surface area contributed by atoms with Crippen LogP contribution in [0.4, 0.5) is 0 Å². The lowest BCUT2D eigenvalue weighted by atomic mass is 9.93. The van der Waals surface area contributed by atoms with Gasteiger partial charge in [0.1, 0.15) is 6.61 Å². The van der Waals surface area contributed by atoms with E-state index < -0.39 is 5.97 Å². The molecule has 158 valence electrons. The minimum absolute atomic E-state index is 0.0416. The molecule has 0 amide bonds. The Bertz CT molecular complexity index is 1070. The van der Waals surface area contributed by atoms with Gasteiger partial charge in [-0.1, -0.05) is 54.6 Å². The zero-order valence-electron chi connectivity index (χ0n) is 17.4. The average Bonchev–Trinajstić information content (AvgIpc) is 2.81. The van der Waals surface area contributed by atoms with Gasteiger partial charge in [0.05, 0.1) is 18.7 Å². The van der Waals surface area contributed by atoms with E-state index in [1.54, 1.807) is 19.2 Å². The number of rotatable bonds is 7. The van der Waals surface area contributed by atoms with Crippen molar-refractivity contribution in [1.82, 2.24) is 5.32 Å². The van der Waals surface area contributed by atoms with Crippen LogP contribution in [0.15, 0.2) is 72.8 Å². The summed E-state index contributed by atoms with van der Waals surface area (Å²) in [4.78, 5) is 11.0. The maximum absolute atomic E-state index is 11.0. The van der Waals surface area contributed by atoms with Crippen molar-refractivity contribution in [2.45, 2.75) is 19.1 Å². The minimum Gasteiger partial charge on any atom is -0.493 e. The first kappa shape index (κ1) is 20.7. The third-order valence-electron chi connectivity index (χ3n) is 5.40. The summed E-state index contributed by atoms with van der Waals surface area (Å²) >= 11 is 0. The van der Waals surface area contributed by atoms with E-state index in [4.69, 9.17) is 14.6 Å². The molecule has 2 N–H and O–H groups in total. The first-order valence-electron chi connectivity index (χ1n) is 10.3. The van der Waals surface area contributed by atoms with Crippen LogP contribution >= 0.6 is 0 Å². The number of ether oxygens (including phenoxy) is 2. The van der Waals surface area contributed by atoms with Crippen LogP contribution in [-0.2, 0) is 13.0 Å². The lowest BCUT2D eigenvalue weighted by Gasteiger charge is -2.26. The van der Waals surface area contributed by atoms with Crippen molar-refractivity contribution >= 4 is 12.0 Å². The fourth-order valence-electron chi connectivity index (χ4n) is 3.72. The third-order valence-corrected chi connectivity index (χ3v) is 5.40. The molecule has 1 heterocycles. The standard InChI is InChI=1S/C26H25NO4/c1-30-24-16-22-21(15-25(24)31-17-19-5-3-2-4-6-19)13-14-27-23(22)12-9-18-7-10-20(11-8-18)26(28)29/h2-12,15-16,23,27H,13-14,17H2,1H3,(H,28,29). The number of carbonyl (C=O) groups is 1. The monoisotopic (exact) mass is 415 g/mol. The molecule has 1 aliphatic rings. The summed E-state index contributed by atoms with van der Waals surface area (Å²) in [7, 11) is 1.65. The fourth-order valence-corrected chi connectivity index (χ4v) is 3.72.